The second-order valence-electron chi connectivity index (χ2n) is 7.47. The SMILES string of the molecule is O=C(OCC(=O)N1CCN(c2ccccc2)CC1)c1ccc2c(c1)CCCC2. The van der Waals surface area contributed by atoms with E-state index in [1.807, 2.05) is 36.4 Å². The van der Waals surface area contributed by atoms with Gasteiger partial charge in [0.1, 0.15) is 0 Å². The number of ether oxygens (including phenoxy) is 1. The smallest absolute Gasteiger partial charge is 0.338 e. The van der Waals surface area contributed by atoms with Crippen LogP contribution in [-0.4, -0.2) is 49.6 Å². The summed E-state index contributed by atoms with van der Waals surface area (Å²) in [6, 6.07) is 16.0. The number of benzene rings is 2. The molecule has 1 saturated heterocycles. The Kier molecular flexibility index (Phi) is 5.60. The Hall–Kier alpha value is -2.82. The summed E-state index contributed by atoms with van der Waals surface area (Å²) in [5.74, 6) is -0.538. The van der Waals surface area contributed by atoms with Gasteiger partial charge in [0.25, 0.3) is 5.91 Å². The zero-order valence-electron chi connectivity index (χ0n) is 16.1. The first-order valence-corrected chi connectivity index (χ1v) is 10.1. The largest absolute Gasteiger partial charge is 0.452 e. The fraction of sp³-hybridized carbons (Fsp3) is 0.391. The van der Waals surface area contributed by atoms with Crippen molar-refractivity contribution in [3.05, 3.63) is 65.2 Å². The normalized spacial score (nSPS) is 16.4. The highest BCUT2D eigenvalue weighted by atomic mass is 16.5. The molecule has 2 aromatic rings. The van der Waals surface area contributed by atoms with Crippen LogP contribution in [0.25, 0.3) is 0 Å². The minimum absolute atomic E-state index is 0.126. The van der Waals surface area contributed by atoms with Gasteiger partial charge in [-0.2, -0.15) is 0 Å². The number of rotatable bonds is 4. The maximum absolute atomic E-state index is 12.4. The van der Waals surface area contributed by atoms with Gasteiger partial charge in [-0.1, -0.05) is 24.3 Å². The number of carbonyl (C=O) groups is 2. The third kappa shape index (κ3) is 4.19. The van der Waals surface area contributed by atoms with E-state index in [2.05, 4.69) is 17.0 Å². The van der Waals surface area contributed by atoms with Gasteiger partial charge in [-0.05, 0) is 61.1 Å². The van der Waals surface area contributed by atoms with Crippen molar-refractivity contribution in [3.63, 3.8) is 0 Å². The van der Waals surface area contributed by atoms with Gasteiger partial charge in [0.15, 0.2) is 6.61 Å². The number of anilines is 1. The van der Waals surface area contributed by atoms with E-state index in [4.69, 9.17) is 4.74 Å². The monoisotopic (exact) mass is 378 g/mol. The predicted octanol–water partition coefficient (Wildman–Crippen LogP) is 3.07. The third-order valence-corrected chi connectivity index (χ3v) is 5.66. The molecule has 0 spiro atoms. The molecule has 2 aliphatic rings. The molecule has 146 valence electrons. The van der Waals surface area contributed by atoms with E-state index in [1.54, 1.807) is 4.90 Å². The molecule has 0 unspecified atom stereocenters. The number of carbonyl (C=O) groups excluding carboxylic acids is 2. The molecule has 1 fully saturated rings. The number of para-hydroxylation sites is 1. The van der Waals surface area contributed by atoms with E-state index in [9.17, 15) is 9.59 Å². The van der Waals surface area contributed by atoms with Crippen molar-refractivity contribution in [2.24, 2.45) is 0 Å². The standard InChI is InChI=1S/C23H26N2O3/c26-22(25-14-12-24(13-15-25)21-8-2-1-3-9-21)17-28-23(27)20-11-10-18-6-4-5-7-19(18)16-20/h1-3,8-11,16H,4-7,12-15,17H2. The molecule has 1 aliphatic carbocycles. The summed E-state index contributed by atoms with van der Waals surface area (Å²) < 4.78 is 5.30. The third-order valence-electron chi connectivity index (χ3n) is 5.66. The van der Waals surface area contributed by atoms with Gasteiger partial charge in [-0.15, -0.1) is 0 Å². The molecule has 0 bridgehead atoms. The lowest BCUT2D eigenvalue weighted by Crippen LogP contribution is -2.49. The molecular formula is C23H26N2O3. The van der Waals surface area contributed by atoms with E-state index in [0.29, 0.717) is 18.7 Å². The number of aryl methyl sites for hydroxylation is 2. The quantitative estimate of drug-likeness (QED) is 0.768. The van der Waals surface area contributed by atoms with Crippen molar-refractivity contribution < 1.29 is 14.3 Å². The van der Waals surface area contributed by atoms with Crippen LogP contribution in [0.2, 0.25) is 0 Å². The van der Waals surface area contributed by atoms with Crippen LogP contribution in [0.3, 0.4) is 0 Å². The lowest BCUT2D eigenvalue weighted by Gasteiger charge is -2.36. The number of esters is 1. The summed E-state index contributed by atoms with van der Waals surface area (Å²) in [5, 5.41) is 0. The predicted molar refractivity (Wildman–Crippen MR) is 109 cm³/mol. The van der Waals surface area contributed by atoms with Crippen LogP contribution >= 0.6 is 0 Å². The zero-order chi connectivity index (χ0) is 19.3. The summed E-state index contributed by atoms with van der Waals surface area (Å²) >= 11 is 0. The van der Waals surface area contributed by atoms with E-state index >= 15 is 0 Å². The van der Waals surface area contributed by atoms with Gasteiger partial charge in [0, 0.05) is 31.9 Å². The van der Waals surface area contributed by atoms with Crippen LogP contribution < -0.4 is 4.90 Å². The highest BCUT2D eigenvalue weighted by Crippen LogP contribution is 2.22. The minimum Gasteiger partial charge on any atom is -0.452 e. The fourth-order valence-electron chi connectivity index (χ4n) is 4.02. The van der Waals surface area contributed by atoms with E-state index in [1.165, 1.54) is 29.7 Å². The van der Waals surface area contributed by atoms with Crippen LogP contribution in [0.1, 0.15) is 34.3 Å². The first-order valence-electron chi connectivity index (χ1n) is 10.1. The summed E-state index contributed by atoms with van der Waals surface area (Å²) in [5.41, 5.74) is 4.29. The van der Waals surface area contributed by atoms with Gasteiger partial charge in [0.05, 0.1) is 5.56 Å². The molecule has 5 nitrogen and oxygen atoms in total. The second kappa shape index (κ2) is 8.46. The Morgan fingerprint density at radius 2 is 1.57 bits per heavy atom. The Labute approximate surface area is 165 Å². The number of hydrogen-bond donors (Lipinski definition) is 0. The van der Waals surface area contributed by atoms with Crippen molar-refractivity contribution in [2.45, 2.75) is 25.7 Å². The van der Waals surface area contributed by atoms with E-state index in [-0.39, 0.29) is 12.5 Å². The molecule has 0 radical (unpaired) electrons. The van der Waals surface area contributed by atoms with Crippen LogP contribution in [0, 0.1) is 0 Å². The Morgan fingerprint density at radius 3 is 2.32 bits per heavy atom. The van der Waals surface area contributed by atoms with Crippen molar-refractivity contribution in [3.8, 4) is 0 Å². The summed E-state index contributed by atoms with van der Waals surface area (Å²) in [4.78, 5) is 28.8. The number of amides is 1. The molecule has 1 heterocycles. The molecule has 2 aromatic carbocycles. The topological polar surface area (TPSA) is 49.9 Å². The molecule has 1 amide bonds. The maximum atomic E-state index is 12.4. The van der Waals surface area contributed by atoms with Crippen molar-refractivity contribution in [2.75, 3.05) is 37.7 Å². The number of hydrogen-bond acceptors (Lipinski definition) is 4. The summed E-state index contributed by atoms with van der Waals surface area (Å²) in [7, 11) is 0. The van der Waals surface area contributed by atoms with Gasteiger partial charge >= 0.3 is 5.97 Å². The average Bonchev–Trinajstić information content (AvgIpc) is 2.77. The molecule has 0 N–H and O–H groups in total. The summed E-state index contributed by atoms with van der Waals surface area (Å²) in [6.45, 7) is 2.67. The average molecular weight is 378 g/mol. The van der Waals surface area contributed by atoms with Crippen LogP contribution in [0.4, 0.5) is 5.69 Å². The van der Waals surface area contributed by atoms with Crippen LogP contribution in [-0.2, 0) is 22.4 Å². The van der Waals surface area contributed by atoms with Gasteiger partial charge in [0.2, 0.25) is 0 Å². The lowest BCUT2D eigenvalue weighted by atomic mass is 9.90. The zero-order valence-corrected chi connectivity index (χ0v) is 16.1. The van der Waals surface area contributed by atoms with E-state index in [0.717, 1.165) is 25.9 Å². The Morgan fingerprint density at radius 1 is 0.857 bits per heavy atom. The van der Waals surface area contributed by atoms with Crippen LogP contribution in [0.5, 0.6) is 0 Å². The molecular weight excluding hydrogens is 352 g/mol. The molecule has 4 rings (SSSR count). The number of nitrogens with zero attached hydrogens (tertiary/aromatic N) is 2. The van der Waals surface area contributed by atoms with Gasteiger partial charge in [-0.3, -0.25) is 4.79 Å². The minimum atomic E-state index is -0.412. The number of fused-ring (bicyclic) bond motifs is 1. The summed E-state index contributed by atoms with van der Waals surface area (Å²) in [6.07, 6.45) is 4.47. The lowest BCUT2D eigenvalue weighted by molar-refractivity contribution is -0.134. The fourth-order valence-corrected chi connectivity index (χ4v) is 4.02. The molecule has 0 saturated carbocycles. The van der Waals surface area contributed by atoms with Crippen molar-refractivity contribution in [1.29, 1.82) is 0 Å². The number of piperazine rings is 1. The first kappa shape index (κ1) is 18.5. The molecule has 28 heavy (non-hydrogen) atoms. The van der Waals surface area contributed by atoms with E-state index < -0.39 is 5.97 Å². The first-order chi connectivity index (χ1) is 13.7. The molecule has 5 heteroatoms. The molecule has 0 atom stereocenters. The van der Waals surface area contributed by atoms with Crippen molar-refractivity contribution in [1.82, 2.24) is 4.90 Å². The second-order valence-corrected chi connectivity index (χ2v) is 7.47. The van der Waals surface area contributed by atoms with Crippen molar-refractivity contribution >= 4 is 17.6 Å². The van der Waals surface area contributed by atoms with Gasteiger partial charge in [-0.25, -0.2) is 4.79 Å². The highest BCUT2D eigenvalue weighted by Gasteiger charge is 2.22. The van der Waals surface area contributed by atoms with Crippen LogP contribution in [0.15, 0.2) is 48.5 Å². The Bertz CT molecular complexity index is 842. The maximum Gasteiger partial charge on any atom is 0.338 e. The van der Waals surface area contributed by atoms with Gasteiger partial charge < -0.3 is 14.5 Å². The Balaban J connectivity index is 1.27. The molecule has 0 aromatic heterocycles. The molecule has 1 aliphatic heterocycles. The highest BCUT2D eigenvalue weighted by molar-refractivity contribution is 5.91.